The highest BCUT2D eigenvalue weighted by Crippen LogP contribution is 2.35. The number of carbonyl (C=O) groups excluding carboxylic acids is 1. The molecule has 4 aromatic rings. The van der Waals surface area contributed by atoms with Crippen LogP contribution in [0.3, 0.4) is 0 Å². The number of hydrogen-bond donors (Lipinski definition) is 3. The molecule has 0 spiro atoms. The quantitative estimate of drug-likeness (QED) is 0.424. The van der Waals surface area contributed by atoms with E-state index in [4.69, 9.17) is 16.5 Å². The summed E-state index contributed by atoms with van der Waals surface area (Å²) in [5.74, 6) is 0.741. The molecule has 0 aliphatic carbocycles. The summed E-state index contributed by atoms with van der Waals surface area (Å²) in [7, 11) is 0. The number of amides is 1. The zero-order chi connectivity index (χ0) is 21.1. The summed E-state index contributed by atoms with van der Waals surface area (Å²) < 4.78 is 0. The molecule has 5 N–H and O–H groups in total. The van der Waals surface area contributed by atoms with Gasteiger partial charge in [0.25, 0.3) is 5.91 Å². The van der Waals surface area contributed by atoms with E-state index in [-0.39, 0.29) is 6.04 Å². The lowest BCUT2D eigenvalue weighted by Gasteiger charge is -2.15. The summed E-state index contributed by atoms with van der Waals surface area (Å²) in [5.41, 5.74) is 14.7. The number of nitrogens with two attached hydrogens (primary N) is 2. The molecular formula is C22H22N6OS. The first-order valence-corrected chi connectivity index (χ1v) is 10.4. The van der Waals surface area contributed by atoms with Gasteiger partial charge in [-0.15, -0.1) is 11.3 Å². The number of thiophene rings is 1. The van der Waals surface area contributed by atoms with Crippen LogP contribution >= 0.6 is 11.3 Å². The van der Waals surface area contributed by atoms with Crippen LogP contribution in [0.4, 0.5) is 5.82 Å². The number of fused-ring (bicyclic) bond motifs is 1. The van der Waals surface area contributed by atoms with E-state index in [2.05, 4.69) is 27.4 Å². The van der Waals surface area contributed by atoms with E-state index in [1.807, 2.05) is 37.3 Å². The molecule has 3 heterocycles. The number of primary amides is 1. The monoisotopic (exact) mass is 418 g/mol. The largest absolute Gasteiger partial charge is 0.368 e. The molecule has 0 saturated heterocycles. The summed E-state index contributed by atoms with van der Waals surface area (Å²) in [5, 5.41) is 4.18. The molecule has 0 bridgehead atoms. The van der Waals surface area contributed by atoms with Crippen LogP contribution in [0.15, 0.2) is 54.9 Å². The fourth-order valence-electron chi connectivity index (χ4n) is 3.35. The van der Waals surface area contributed by atoms with Crippen molar-refractivity contribution in [1.82, 2.24) is 15.0 Å². The average Bonchev–Trinajstić information content (AvgIpc) is 3.10. The first-order chi connectivity index (χ1) is 14.5. The highest BCUT2D eigenvalue weighted by molar-refractivity contribution is 7.20. The molecule has 1 atom stereocenters. The van der Waals surface area contributed by atoms with E-state index in [9.17, 15) is 4.79 Å². The Labute approximate surface area is 178 Å². The molecule has 1 amide bonds. The van der Waals surface area contributed by atoms with E-state index in [1.54, 1.807) is 12.4 Å². The topological polar surface area (TPSA) is 120 Å². The van der Waals surface area contributed by atoms with Crippen molar-refractivity contribution >= 4 is 33.3 Å². The van der Waals surface area contributed by atoms with Crippen molar-refractivity contribution in [2.24, 2.45) is 11.5 Å². The summed E-state index contributed by atoms with van der Waals surface area (Å²) in [6.45, 7) is 2.39. The van der Waals surface area contributed by atoms with E-state index in [1.165, 1.54) is 16.9 Å². The van der Waals surface area contributed by atoms with Gasteiger partial charge in [0.05, 0.1) is 10.3 Å². The number of aromatic nitrogens is 3. The summed E-state index contributed by atoms with van der Waals surface area (Å²) in [6.07, 6.45) is 4.13. The van der Waals surface area contributed by atoms with Crippen molar-refractivity contribution in [2.75, 3.05) is 11.9 Å². The lowest BCUT2D eigenvalue weighted by Crippen LogP contribution is -2.31. The molecule has 0 aliphatic rings. The molecule has 1 aromatic carbocycles. The Bertz CT molecular complexity index is 1180. The normalized spacial score (nSPS) is 12.1. The second-order valence-corrected chi connectivity index (χ2v) is 8.06. The van der Waals surface area contributed by atoms with Gasteiger partial charge in [-0.25, -0.2) is 9.97 Å². The fourth-order valence-corrected chi connectivity index (χ4v) is 4.38. The van der Waals surface area contributed by atoms with Crippen LogP contribution in [-0.4, -0.2) is 33.4 Å². The number of aryl methyl sites for hydroxylation is 1. The van der Waals surface area contributed by atoms with Gasteiger partial charge >= 0.3 is 0 Å². The molecule has 7 nitrogen and oxygen atoms in total. The lowest BCUT2D eigenvalue weighted by molar-refractivity contribution is 0.100. The molecule has 0 unspecified atom stereocenters. The van der Waals surface area contributed by atoms with E-state index in [0.29, 0.717) is 27.9 Å². The van der Waals surface area contributed by atoms with Gasteiger partial charge in [-0.05, 0) is 36.6 Å². The lowest BCUT2D eigenvalue weighted by atomic mass is 10.1. The minimum Gasteiger partial charge on any atom is -0.368 e. The zero-order valence-electron chi connectivity index (χ0n) is 16.5. The van der Waals surface area contributed by atoms with Crippen molar-refractivity contribution in [2.45, 2.75) is 19.4 Å². The molecule has 4 rings (SSSR count). The van der Waals surface area contributed by atoms with Crippen molar-refractivity contribution in [1.29, 1.82) is 0 Å². The van der Waals surface area contributed by atoms with Gasteiger partial charge in [0.1, 0.15) is 10.6 Å². The van der Waals surface area contributed by atoms with E-state index < -0.39 is 5.91 Å². The first kappa shape index (κ1) is 19.9. The molecule has 0 saturated carbocycles. The number of hydrogen-bond acceptors (Lipinski definition) is 7. The predicted molar refractivity (Wildman–Crippen MR) is 121 cm³/mol. The van der Waals surface area contributed by atoms with Crippen LogP contribution in [0.2, 0.25) is 0 Å². The molecule has 0 fully saturated rings. The maximum Gasteiger partial charge on any atom is 0.259 e. The van der Waals surface area contributed by atoms with Crippen molar-refractivity contribution in [3.05, 3.63) is 70.9 Å². The number of nitrogens with one attached hydrogen (secondary N) is 1. The number of anilines is 1. The third-order valence-electron chi connectivity index (χ3n) is 4.82. The highest BCUT2D eigenvalue weighted by atomic mass is 32.1. The first-order valence-electron chi connectivity index (χ1n) is 9.57. The van der Waals surface area contributed by atoms with Gasteiger partial charge in [-0.2, -0.15) is 0 Å². The Hall–Kier alpha value is -3.36. The van der Waals surface area contributed by atoms with Gasteiger partial charge in [-0.3, -0.25) is 9.78 Å². The third kappa shape index (κ3) is 4.14. The second kappa shape index (κ2) is 8.56. The van der Waals surface area contributed by atoms with E-state index in [0.717, 1.165) is 22.9 Å². The smallest absolute Gasteiger partial charge is 0.259 e. The van der Waals surface area contributed by atoms with Crippen LogP contribution in [0.25, 0.3) is 21.6 Å². The maximum atomic E-state index is 11.9. The maximum absolute atomic E-state index is 11.9. The van der Waals surface area contributed by atoms with Gasteiger partial charge in [0, 0.05) is 30.5 Å². The van der Waals surface area contributed by atoms with E-state index >= 15 is 0 Å². The predicted octanol–water partition coefficient (Wildman–Crippen LogP) is 3.14. The Balaban J connectivity index is 1.68. The molecule has 30 heavy (non-hydrogen) atoms. The molecule has 152 valence electrons. The zero-order valence-corrected chi connectivity index (χ0v) is 17.3. The highest BCUT2D eigenvalue weighted by Gasteiger charge is 2.20. The fraction of sp³-hybridized carbons (Fsp3) is 0.182. The van der Waals surface area contributed by atoms with Crippen LogP contribution < -0.4 is 16.8 Å². The summed E-state index contributed by atoms with van der Waals surface area (Å²) >= 11 is 1.28. The number of nitrogens with zero attached hydrogens (tertiary/aromatic N) is 3. The van der Waals surface area contributed by atoms with Gasteiger partial charge in [0.2, 0.25) is 0 Å². The Morgan fingerprint density at radius 2 is 1.87 bits per heavy atom. The molecule has 3 aromatic heterocycles. The standard InChI is InChI=1S/C22H22N6OS/c1-13-17-21(26-12-16(23)11-14-5-3-2-4-6-14)27-20(15-7-9-25-10-8-15)28-22(17)30-18(13)19(24)29/h2-10,16H,11-12,23H2,1H3,(H2,24,29)(H,26,27,28)/t16-/m1/s1. The summed E-state index contributed by atoms with van der Waals surface area (Å²) in [4.78, 5) is 26.5. The number of pyridine rings is 1. The Kier molecular flexibility index (Phi) is 5.69. The molecule has 0 aliphatic heterocycles. The van der Waals surface area contributed by atoms with Gasteiger partial charge < -0.3 is 16.8 Å². The van der Waals surface area contributed by atoms with Crippen LogP contribution in [0.5, 0.6) is 0 Å². The molecular weight excluding hydrogens is 396 g/mol. The summed E-state index contributed by atoms with van der Waals surface area (Å²) in [6, 6.07) is 13.7. The SMILES string of the molecule is Cc1c(C(N)=O)sc2nc(-c3ccncc3)nc(NC[C@H](N)Cc3ccccc3)c12. The Morgan fingerprint density at radius 3 is 2.57 bits per heavy atom. The van der Waals surface area contributed by atoms with Gasteiger partial charge in [-0.1, -0.05) is 30.3 Å². The number of carbonyl (C=O) groups is 1. The van der Waals surface area contributed by atoms with Crippen LogP contribution in [0, 0.1) is 6.92 Å². The van der Waals surface area contributed by atoms with Gasteiger partial charge in [0.15, 0.2) is 5.82 Å². The van der Waals surface area contributed by atoms with Crippen molar-refractivity contribution in [3.8, 4) is 11.4 Å². The number of rotatable bonds is 7. The van der Waals surface area contributed by atoms with Crippen LogP contribution in [-0.2, 0) is 6.42 Å². The molecule has 0 radical (unpaired) electrons. The second-order valence-electron chi connectivity index (χ2n) is 7.06. The third-order valence-corrected chi connectivity index (χ3v) is 6.03. The number of benzene rings is 1. The van der Waals surface area contributed by atoms with Crippen molar-refractivity contribution < 1.29 is 4.79 Å². The van der Waals surface area contributed by atoms with Crippen LogP contribution in [0.1, 0.15) is 20.8 Å². The Morgan fingerprint density at radius 1 is 1.13 bits per heavy atom. The van der Waals surface area contributed by atoms with Crippen molar-refractivity contribution in [3.63, 3.8) is 0 Å². The average molecular weight is 419 g/mol. The minimum atomic E-state index is -0.465. The molecule has 8 heteroatoms. The minimum absolute atomic E-state index is 0.101.